The summed E-state index contributed by atoms with van der Waals surface area (Å²) in [6.45, 7) is 0.713. The van der Waals surface area contributed by atoms with Crippen molar-refractivity contribution in [2.75, 3.05) is 13.7 Å². The zero-order chi connectivity index (χ0) is 12.1. The summed E-state index contributed by atoms with van der Waals surface area (Å²) in [5.41, 5.74) is 0.944. The van der Waals surface area contributed by atoms with E-state index in [2.05, 4.69) is 0 Å². The molecule has 3 heteroatoms. The number of carbonyl (C=O) groups is 1. The Morgan fingerprint density at radius 2 is 2.06 bits per heavy atom. The van der Waals surface area contributed by atoms with Gasteiger partial charge in [0.25, 0.3) is 0 Å². The van der Waals surface area contributed by atoms with Gasteiger partial charge in [0, 0.05) is 12.7 Å². The molecule has 3 nitrogen and oxygen atoms in total. The van der Waals surface area contributed by atoms with Crippen molar-refractivity contribution in [3.05, 3.63) is 60.3 Å². The van der Waals surface area contributed by atoms with Crippen LogP contribution >= 0.6 is 0 Å². The van der Waals surface area contributed by atoms with Crippen LogP contribution in [0.5, 0.6) is 0 Å². The van der Waals surface area contributed by atoms with E-state index < -0.39 is 0 Å². The molecular formula is C14H15NO2. The number of rotatable bonds is 3. The van der Waals surface area contributed by atoms with Crippen molar-refractivity contribution in [1.29, 1.82) is 0 Å². The second kappa shape index (κ2) is 5.34. The fraction of sp³-hybridized carbons (Fsp3) is 0.214. The van der Waals surface area contributed by atoms with Gasteiger partial charge in [0.15, 0.2) is 6.04 Å². The highest BCUT2D eigenvalue weighted by atomic mass is 16.5. The van der Waals surface area contributed by atoms with E-state index in [9.17, 15) is 4.79 Å². The third kappa shape index (κ3) is 2.56. The Morgan fingerprint density at radius 1 is 1.29 bits per heavy atom. The average molecular weight is 229 g/mol. The van der Waals surface area contributed by atoms with E-state index in [1.165, 1.54) is 7.11 Å². The molecule has 88 valence electrons. The zero-order valence-corrected chi connectivity index (χ0v) is 9.74. The van der Waals surface area contributed by atoms with Crippen molar-refractivity contribution in [3.63, 3.8) is 0 Å². The molecule has 1 heterocycles. The molecule has 0 amide bonds. The lowest BCUT2D eigenvalue weighted by Crippen LogP contribution is -2.31. The summed E-state index contributed by atoms with van der Waals surface area (Å²) in [4.78, 5) is 13.8. The molecule has 0 saturated heterocycles. The summed E-state index contributed by atoms with van der Waals surface area (Å²) in [6.07, 6.45) is 7.81. The van der Waals surface area contributed by atoms with Crippen molar-refractivity contribution in [2.45, 2.75) is 6.04 Å². The maximum Gasteiger partial charge on any atom is 0.333 e. The van der Waals surface area contributed by atoms with Crippen molar-refractivity contribution < 1.29 is 9.53 Å². The van der Waals surface area contributed by atoms with Gasteiger partial charge in [0.05, 0.1) is 7.11 Å². The molecule has 1 unspecified atom stereocenters. The number of hydrogen-bond acceptors (Lipinski definition) is 3. The van der Waals surface area contributed by atoms with Crippen LogP contribution < -0.4 is 0 Å². The molecule has 2 rings (SSSR count). The van der Waals surface area contributed by atoms with Crippen molar-refractivity contribution >= 4 is 5.97 Å². The number of methoxy groups -OCH3 is 1. The number of benzene rings is 1. The third-order valence-corrected chi connectivity index (χ3v) is 2.71. The van der Waals surface area contributed by atoms with Gasteiger partial charge < -0.3 is 9.64 Å². The van der Waals surface area contributed by atoms with Gasteiger partial charge in [-0.15, -0.1) is 0 Å². The van der Waals surface area contributed by atoms with Crippen LogP contribution in [0.4, 0.5) is 0 Å². The van der Waals surface area contributed by atoms with Crippen LogP contribution in [-0.2, 0) is 9.53 Å². The first-order valence-electron chi connectivity index (χ1n) is 5.55. The Balaban J connectivity index is 2.28. The molecule has 0 fully saturated rings. The molecule has 1 aliphatic rings. The Bertz CT molecular complexity index is 437. The van der Waals surface area contributed by atoms with Gasteiger partial charge in [0.2, 0.25) is 0 Å². The molecule has 0 bridgehead atoms. The van der Waals surface area contributed by atoms with Gasteiger partial charge in [-0.25, -0.2) is 4.79 Å². The van der Waals surface area contributed by atoms with E-state index in [-0.39, 0.29) is 12.0 Å². The summed E-state index contributed by atoms with van der Waals surface area (Å²) in [5, 5.41) is 0. The molecule has 0 spiro atoms. The van der Waals surface area contributed by atoms with Gasteiger partial charge >= 0.3 is 5.97 Å². The number of hydrogen-bond donors (Lipinski definition) is 0. The van der Waals surface area contributed by atoms with Crippen LogP contribution in [0.1, 0.15) is 11.6 Å². The van der Waals surface area contributed by atoms with Crippen LogP contribution in [0.3, 0.4) is 0 Å². The van der Waals surface area contributed by atoms with Crippen molar-refractivity contribution in [2.24, 2.45) is 0 Å². The van der Waals surface area contributed by atoms with Crippen LogP contribution in [-0.4, -0.2) is 24.5 Å². The zero-order valence-electron chi connectivity index (χ0n) is 9.74. The van der Waals surface area contributed by atoms with Crippen LogP contribution in [0.15, 0.2) is 54.8 Å². The van der Waals surface area contributed by atoms with Crippen LogP contribution in [0.2, 0.25) is 0 Å². The Hall–Kier alpha value is -2.03. The maximum absolute atomic E-state index is 11.9. The monoisotopic (exact) mass is 229 g/mol. The van der Waals surface area contributed by atoms with E-state index in [4.69, 9.17) is 4.74 Å². The average Bonchev–Trinajstić information content (AvgIpc) is 2.41. The standard InChI is InChI=1S/C14H15NO2/c1-17-14(16)13(12-8-4-2-5-9-12)15-10-6-3-7-11-15/h2-10,13H,11H2,1H3. The smallest absolute Gasteiger partial charge is 0.333 e. The minimum atomic E-state index is -0.373. The highest BCUT2D eigenvalue weighted by Gasteiger charge is 2.26. The first-order valence-corrected chi connectivity index (χ1v) is 5.55. The Labute approximate surface area is 101 Å². The van der Waals surface area contributed by atoms with Crippen LogP contribution in [0.25, 0.3) is 0 Å². The van der Waals surface area contributed by atoms with Crippen molar-refractivity contribution in [1.82, 2.24) is 4.90 Å². The van der Waals surface area contributed by atoms with Gasteiger partial charge in [-0.3, -0.25) is 0 Å². The number of ether oxygens (including phenoxy) is 1. The highest BCUT2D eigenvalue weighted by Crippen LogP contribution is 2.23. The molecule has 1 aromatic carbocycles. The summed E-state index contributed by atoms with van der Waals surface area (Å²) in [6, 6.07) is 9.29. The van der Waals surface area contributed by atoms with E-state index >= 15 is 0 Å². The normalized spacial score (nSPS) is 15.7. The molecule has 0 saturated carbocycles. The summed E-state index contributed by atoms with van der Waals surface area (Å²) >= 11 is 0. The molecule has 1 aromatic rings. The minimum absolute atomic E-state index is 0.240. The largest absolute Gasteiger partial charge is 0.467 e. The number of esters is 1. The topological polar surface area (TPSA) is 29.5 Å². The highest BCUT2D eigenvalue weighted by molar-refractivity contribution is 5.77. The lowest BCUT2D eigenvalue weighted by atomic mass is 10.1. The molecule has 1 aliphatic heterocycles. The summed E-state index contributed by atoms with van der Waals surface area (Å²) in [5.74, 6) is -0.240. The van der Waals surface area contributed by atoms with E-state index in [1.54, 1.807) is 0 Å². The molecule has 0 aromatic heterocycles. The van der Waals surface area contributed by atoms with Gasteiger partial charge in [0.1, 0.15) is 0 Å². The third-order valence-electron chi connectivity index (χ3n) is 2.71. The Morgan fingerprint density at radius 3 is 2.65 bits per heavy atom. The fourth-order valence-electron chi connectivity index (χ4n) is 1.88. The summed E-state index contributed by atoms with van der Waals surface area (Å²) in [7, 11) is 1.42. The molecule has 1 atom stereocenters. The molecular weight excluding hydrogens is 214 g/mol. The quantitative estimate of drug-likeness (QED) is 0.745. The Kier molecular flexibility index (Phi) is 3.60. The second-order valence-corrected chi connectivity index (χ2v) is 3.80. The van der Waals surface area contributed by atoms with E-state index in [1.807, 2.05) is 59.7 Å². The number of allylic oxidation sites excluding steroid dienone is 2. The maximum atomic E-state index is 11.9. The molecule has 17 heavy (non-hydrogen) atoms. The molecule has 0 N–H and O–H groups in total. The van der Waals surface area contributed by atoms with Crippen LogP contribution in [0, 0.1) is 0 Å². The SMILES string of the molecule is COC(=O)C(c1ccccc1)N1C=CC=CC1. The van der Waals surface area contributed by atoms with Crippen molar-refractivity contribution in [3.8, 4) is 0 Å². The van der Waals surface area contributed by atoms with Gasteiger partial charge in [-0.1, -0.05) is 42.5 Å². The minimum Gasteiger partial charge on any atom is -0.467 e. The lowest BCUT2D eigenvalue weighted by Gasteiger charge is -2.29. The number of nitrogens with zero attached hydrogens (tertiary/aromatic N) is 1. The summed E-state index contributed by atoms with van der Waals surface area (Å²) < 4.78 is 4.88. The fourth-order valence-corrected chi connectivity index (χ4v) is 1.88. The second-order valence-electron chi connectivity index (χ2n) is 3.80. The van der Waals surface area contributed by atoms with Gasteiger partial charge in [-0.2, -0.15) is 0 Å². The predicted molar refractivity (Wildman–Crippen MR) is 66.2 cm³/mol. The number of carbonyl (C=O) groups excluding carboxylic acids is 1. The molecule has 0 radical (unpaired) electrons. The predicted octanol–water partition coefficient (Wildman–Crippen LogP) is 2.29. The van der Waals surface area contributed by atoms with E-state index in [0.717, 1.165) is 5.56 Å². The first kappa shape index (κ1) is 11.5. The molecule has 0 aliphatic carbocycles. The first-order chi connectivity index (χ1) is 8.33. The van der Waals surface area contributed by atoms with E-state index in [0.29, 0.717) is 6.54 Å². The van der Waals surface area contributed by atoms with Gasteiger partial charge in [-0.05, 0) is 11.6 Å². The lowest BCUT2D eigenvalue weighted by molar-refractivity contribution is -0.146.